The molecule has 0 unspecified atom stereocenters. The molecule has 1 aromatic heterocycles. The van der Waals surface area contributed by atoms with Crippen LogP contribution in [0, 0.1) is 19.7 Å². The van der Waals surface area contributed by atoms with Gasteiger partial charge in [0, 0.05) is 25.7 Å². The van der Waals surface area contributed by atoms with Crippen molar-refractivity contribution < 1.29 is 20.1 Å². The predicted molar refractivity (Wildman–Crippen MR) is 92.3 cm³/mol. The third-order valence-corrected chi connectivity index (χ3v) is 3.97. The van der Waals surface area contributed by atoms with Crippen molar-refractivity contribution >= 4 is 17.2 Å². The smallest absolute Gasteiger partial charge is 0.161 e. The van der Waals surface area contributed by atoms with E-state index in [2.05, 4.69) is 35.0 Å². The summed E-state index contributed by atoms with van der Waals surface area (Å²) in [6, 6.07) is 19.3. The standard InChI is InChI=1S/C19H16N4.Ir/c1-14-8-6-7-11-16(14)18-20-12-17-19(21-18)22(2)13-23(17)15-9-4-3-5-10-15;/h3-9,11-13H,1-2H3;/q-2;. The summed E-state index contributed by atoms with van der Waals surface area (Å²) < 4.78 is 0. The number of para-hydroxylation sites is 1. The molecule has 4 rings (SSSR count). The Hall–Kier alpha value is -2.23. The molecule has 4 nitrogen and oxygen atoms in total. The Balaban J connectivity index is 0.00000169. The van der Waals surface area contributed by atoms with Gasteiger partial charge in [0.05, 0.1) is 11.9 Å². The van der Waals surface area contributed by atoms with Crippen LogP contribution in [0.4, 0.5) is 17.2 Å². The van der Waals surface area contributed by atoms with Crippen LogP contribution in [-0.2, 0) is 20.1 Å². The summed E-state index contributed by atoms with van der Waals surface area (Å²) >= 11 is 0. The topological polar surface area (TPSA) is 32.3 Å². The van der Waals surface area contributed by atoms with E-state index in [0.717, 1.165) is 28.6 Å². The molecular formula is C19H16IrN4-2. The Morgan fingerprint density at radius 1 is 1.08 bits per heavy atom. The average molecular weight is 493 g/mol. The Bertz CT molecular complexity index is 851. The van der Waals surface area contributed by atoms with Crippen molar-refractivity contribution in [3.8, 4) is 11.4 Å². The van der Waals surface area contributed by atoms with Crippen molar-refractivity contribution in [3.63, 3.8) is 0 Å². The normalized spacial score (nSPS) is 12.8. The van der Waals surface area contributed by atoms with Gasteiger partial charge in [0.2, 0.25) is 0 Å². The molecule has 0 aliphatic carbocycles. The zero-order chi connectivity index (χ0) is 15.8. The average Bonchev–Trinajstić information content (AvgIpc) is 2.93. The van der Waals surface area contributed by atoms with Crippen LogP contribution >= 0.6 is 0 Å². The molecule has 5 heteroatoms. The molecule has 0 atom stereocenters. The first-order valence-electron chi connectivity index (χ1n) is 7.51. The largest absolute Gasteiger partial charge is 0.491 e. The fraction of sp³-hybridized carbons (Fsp3) is 0.105. The number of aromatic nitrogens is 2. The number of fused-ring (bicyclic) bond motifs is 1. The van der Waals surface area contributed by atoms with Gasteiger partial charge in [0.1, 0.15) is 5.82 Å². The molecule has 123 valence electrons. The van der Waals surface area contributed by atoms with Crippen molar-refractivity contribution in [1.82, 2.24) is 9.97 Å². The number of hydrogen-bond acceptors (Lipinski definition) is 4. The number of nitrogens with zero attached hydrogens (tertiary/aromatic N) is 4. The van der Waals surface area contributed by atoms with E-state index in [0.29, 0.717) is 0 Å². The van der Waals surface area contributed by atoms with E-state index in [1.807, 2.05) is 61.2 Å². The number of hydrogen-bond donors (Lipinski definition) is 0. The molecule has 0 amide bonds. The quantitative estimate of drug-likeness (QED) is 0.507. The van der Waals surface area contributed by atoms with Gasteiger partial charge < -0.3 is 9.80 Å². The van der Waals surface area contributed by atoms with E-state index >= 15 is 0 Å². The Morgan fingerprint density at radius 3 is 2.62 bits per heavy atom. The van der Waals surface area contributed by atoms with Crippen LogP contribution in [0.15, 0.2) is 54.7 Å². The van der Waals surface area contributed by atoms with Crippen LogP contribution in [0.25, 0.3) is 11.4 Å². The molecule has 0 saturated heterocycles. The van der Waals surface area contributed by atoms with Crippen LogP contribution in [0.3, 0.4) is 0 Å². The summed E-state index contributed by atoms with van der Waals surface area (Å²) in [6.45, 7) is 4.08. The Kier molecular flexibility index (Phi) is 4.65. The minimum atomic E-state index is 0. The number of aryl methyl sites for hydroxylation is 1. The minimum Gasteiger partial charge on any atom is -0.491 e. The number of rotatable bonds is 2. The fourth-order valence-electron chi connectivity index (χ4n) is 2.77. The van der Waals surface area contributed by atoms with E-state index in [4.69, 9.17) is 4.98 Å². The monoisotopic (exact) mass is 493 g/mol. The maximum absolute atomic E-state index is 4.77. The van der Waals surface area contributed by atoms with Gasteiger partial charge in [0.15, 0.2) is 5.82 Å². The third kappa shape index (κ3) is 2.81. The summed E-state index contributed by atoms with van der Waals surface area (Å²) in [5, 5.41) is 0. The Labute approximate surface area is 155 Å². The molecule has 1 radical (unpaired) electrons. The van der Waals surface area contributed by atoms with Gasteiger partial charge in [-0.05, 0) is 19.5 Å². The van der Waals surface area contributed by atoms with Gasteiger partial charge in [0.25, 0.3) is 0 Å². The van der Waals surface area contributed by atoms with Gasteiger partial charge in [-0.15, -0.1) is 5.69 Å². The molecule has 2 aromatic carbocycles. The molecular weight excluding hydrogens is 476 g/mol. The maximum atomic E-state index is 4.77. The van der Waals surface area contributed by atoms with Crippen LogP contribution in [0.2, 0.25) is 0 Å². The summed E-state index contributed by atoms with van der Waals surface area (Å²) in [4.78, 5) is 13.4. The second-order valence-corrected chi connectivity index (χ2v) is 5.56. The molecule has 1 aliphatic rings. The van der Waals surface area contributed by atoms with Gasteiger partial charge in [-0.25, -0.2) is 9.97 Å². The Morgan fingerprint density at radius 2 is 1.88 bits per heavy atom. The minimum absolute atomic E-state index is 0. The van der Waals surface area contributed by atoms with Crippen LogP contribution in [0.5, 0.6) is 0 Å². The second kappa shape index (κ2) is 6.71. The molecule has 0 spiro atoms. The van der Waals surface area contributed by atoms with Crippen LogP contribution < -0.4 is 9.80 Å². The van der Waals surface area contributed by atoms with Gasteiger partial charge in [-0.3, -0.25) is 0 Å². The molecule has 0 fully saturated rings. The van der Waals surface area contributed by atoms with E-state index < -0.39 is 0 Å². The number of anilines is 3. The van der Waals surface area contributed by atoms with E-state index in [1.54, 1.807) is 0 Å². The summed E-state index contributed by atoms with van der Waals surface area (Å²) in [7, 11) is 2.00. The van der Waals surface area contributed by atoms with Gasteiger partial charge in [-0.2, -0.15) is 37.0 Å². The molecule has 0 saturated carbocycles. The zero-order valence-corrected chi connectivity index (χ0v) is 15.8. The molecule has 3 aromatic rings. The summed E-state index contributed by atoms with van der Waals surface area (Å²) in [5.41, 5.74) is 4.18. The second-order valence-electron chi connectivity index (χ2n) is 5.56. The van der Waals surface area contributed by atoms with Crippen molar-refractivity contribution in [1.29, 1.82) is 0 Å². The molecule has 0 N–H and O–H groups in total. The summed E-state index contributed by atoms with van der Waals surface area (Å²) in [6.07, 6.45) is 1.88. The van der Waals surface area contributed by atoms with Gasteiger partial charge in [-0.1, -0.05) is 24.3 Å². The van der Waals surface area contributed by atoms with Crippen LogP contribution in [0.1, 0.15) is 5.56 Å². The van der Waals surface area contributed by atoms with E-state index in [-0.39, 0.29) is 20.1 Å². The fourth-order valence-corrected chi connectivity index (χ4v) is 2.77. The SMILES string of the molecule is Cc1ccccc1-c1ncc2c(n1)N(C)[CH-]N2c1[c-]cccc1.[Ir]. The first-order valence-corrected chi connectivity index (χ1v) is 7.51. The third-order valence-electron chi connectivity index (χ3n) is 3.97. The zero-order valence-electron chi connectivity index (χ0n) is 13.4. The first-order chi connectivity index (χ1) is 11.2. The maximum Gasteiger partial charge on any atom is 0.161 e. The van der Waals surface area contributed by atoms with Crippen LogP contribution in [-0.4, -0.2) is 17.0 Å². The molecule has 2 heterocycles. The van der Waals surface area contributed by atoms with Crippen molar-refractivity contribution in [2.45, 2.75) is 6.92 Å². The van der Waals surface area contributed by atoms with Crippen molar-refractivity contribution in [2.75, 3.05) is 16.8 Å². The molecule has 0 bridgehead atoms. The predicted octanol–water partition coefficient (Wildman–Crippen LogP) is 3.96. The summed E-state index contributed by atoms with van der Waals surface area (Å²) in [5.74, 6) is 1.65. The van der Waals surface area contributed by atoms with E-state index in [9.17, 15) is 0 Å². The van der Waals surface area contributed by atoms with Gasteiger partial charge >= 0.3 is 0 Å². The van der Waals surface area contributed by atoms with Crippen molar-refractivity contribution in [2.24, 2.45) is 0 Å². The molecule has 24 heavy (non-hydrogen) atoms. The number of benzene rings is 2. The first kappa shape index (κ1) is 16.6. The molecule has 1 aliphatic heterocycles. The van der Waals surface area contributed by atoms with Crippen molar-refractivity contribution in [3.05, 3.63) is 73.0 Å². The van der Waals surface area contributed by atoms with E-state index in [1.165, 1.54) is 5.56 Å².